The van der Waals surface area contributed by atoms with Crippen LogP contribution in [0.25, 0.3) is 0 Å². The highest BCUT2D eigenvalue weighted by molar-refractivity contribution is 5.88. The molecule has 1 aliphatic rings. The maximum absolute atomic E-state index is 11.2. The zero-order valence-corrected chi connectivity index (χ0v) is 16.0. The average Bonchev–Trinajstić information content (AvgIpc) is 2.92. The van der Waals surface area contributed by atoms with Gasteiger partial charge in [-0.1, -0.05) is 19.1 Å². The molecule has 2 rings (SSSR count). The number of aliphatic imine (C=N–C) groups is 1. The van der Waals surface area contributed by atoms with Crippen molar-refractivity contribution in [2.75, 3.05) is 25.5 Å². The van der Waals surface area contributed by atoms with Crippen LogP contribution in [0.1, 0.15) is 33.3 Å². The van der Waals surface area contributed by atoms with Gasteiger partial charge in [0.05, 0.1) is 0 Å². The fourth-order valence-corrected chi connectivity index (χ4v) is 3.13. The van der Waals surface area contributed by atoms with Crippen LogP contribution in [-0.2, 0) is 11.3 Å². The number of carbonyl (C=O) groups excluding carboxylic acids is 1. The molecule has 138 valence electrons. The molecule has 2 unspecified atom stereocenters. The van der Waals surface area contributed by atoms with Crippen molar-refractivity contribution < 1.29 is 4.79 Å². The molecule has 1 amide bonds. The second kappa shape index (κ2) is 8.85. The molecule has 3 N–H and O–H groups in total. The molecule has 6 nitrogen and oxygen atoms in total. The standard InChI is InChI=1S/C19H31N5O/c1-13(2)24-11-14(3)18(12-24)23-19(20-5)21-10-16-7-6-8-17(9-16)22-15(4)25/h6-9,13-14,18H,10-12H2,1-5H3,(H,22,25)(H2,20,21,23). The zero-order valence-electron chi connectivity index (χ0n) is 16.0. The summed E-state index contributed by atoms with van der Waals surface area (Å²) in [5.41, 5.74) is 1.91. The van der Waals surface area contributed by atoms with Gasteiger partial charge in [-0.3, -0.25) is 14.7 Å². The number of carbonyl (C=O) groups is 1. The van der Waals surface area contributed by atoms with E-state index in [4.69, 9.17) is 0 Å². The van der Waals surface area contributed by atoms with E-state index in [1.54, 1.807) is 7.05 Å². The molecule has 1 heterocycles. The maximum atomic E-state index is 11.2. The summed E-state index contributed by atoms with van der Waals surface area (Å²) in [7, 11) is 1.79. The predicted molar refractivity (Wildman–Crippen MR) is 104 cm³/mol. The van der Waals surface area contributed by atoms with Gasteiger partial charge >= 0.3 is 0 Å². The smallest absolute Gasteiger partial charge is 0.221 e. The first-order valence-electron chi connectivity index (χ1n) is 8.96. The second-order valence-corrected chi connectivity index (χ2v) is 7.08. The number of guanidine groups is 1. The van der Waals surface area contributed by atoms with Crippen molar-refractivity contribution >= 4 is 17.6 Å². The molecule has 0 spiro atoms. The van der Waals surface area contributed by atoms with Gasteiger partial charge in [0.1, 0.15) is 0 Å². The van der Waals surface area contributed by atoms with Crippen molar-refractivity contribution in [3.05, 3.63) is 29.8 Å². The third-order valence-electron chi connectivity index (χ3n) is 4.62. The van der Waals surface area contributed by atoms with Crippen LogP contribution in [0.5, 0.6) is 0 Å². The average molecular weight is 345 g/mol. The minimum Gasteiger partial charge on any atom is -0.352 e. The van der Waals surface area contributed by atoms with Gasteiger partial charge in [0.2, 0.25) is 5.91 Å². The Morgan fingerprint density at radius 2 is 2.12 bits per heavy atom. The molecule has 0 bridgehead atoms. The number of likely N-dealkylation sites (tertiary alicyclic amines) is 1. The lowest BCUT2D eigenvalue weighted by Gasteiger charge is -2.22. The van der Waals surface area contributed by atoms with E-state index in [2.05, 4.69) is 46.6 Å². The Morgan fingerprint density at radius 3 is 2.72 bits per heavy atom. The summed E-state index contributed by atoms with van der Waals surface area (Å²) in [4.78, 5) is 18.0. The van der Waals surface area contributed by atoms with Crippen LogP contribution in [0.2, 0.25) is 0 Å². The summed E-state index contributed by atoms with van der Waals surface area (Å²) in [5, 5.41) is 9.72. The fourth-order valence-electron chi connectivity index (χ4n) is 3.13. The van der Waals surface area contributed by atoms with E-state index < -0.39 is 0 Å². The molecular weight excluding hydrogens is 314 g/mol. The van der Waals surface area contributed by atoms with E-state index in [1.807, 2.05) is 24.3 Å². The Bertz CT molecular complexity index is 614. The highest BCUT2D eigenvalue weighted by Crippen LogP contribution is 2.18. The molecular formula is C19H31N5O. The molecule has 25 heavy (non-hydrogen) atoms. The van der Waals surface area contributed by atoms with E-state index in [0.717, 1.165) is 30.3 Å². The maximum Gasteiger partial charge on any atom is 0.221 e. The fraction of sp³-hybridized carbons (Fsp3) is 0.579. The molecule has 2 atom stereocenters. The minimum absolute atomic E-state index is 0.0625. The Kier molecular flexibility index (Phi) is 6.82. The number of nitrogens with zero attached hydrogens (tertiary/aromatic N) is 2. The molecule has 6 heteroatoms. The van der Waals surface area contributed by atoms with Gasteiger partial charge < -0.3 is 16.0 Å². The molecule has 1 aromatic carbocycles. The molecule has 1 saturated heterocycles. The molecule has 0 radical (unpaired) electrons. The van der Waals surface area contributed by atoms with Crippen molar-refractivity contribution in [2.24, 2.45) is 10.9 Å². The van der Waals surface area contributed by atoms with Gasteiger partial charge in [0.15, 0.2) is 5.96 Å². The number of amides is 1. The zero-order chi connectivity index (χ0) is 18.4. The molecule has 1 aliphatic heterocycles. The van der Waals surface area contributed by atoms with Crippen LogP contribution in [-0.4, -0.2) is 49.0 Å². The van der Waals surface area contributed by atoms with Gasteiger partial charge in [-0.25, -0.2) is 0 Å². The topological polar surface area (TPSA) is 68.8 Å². The van der Waals surface area contributed by atoms with E-state index in [9.17, 15) is 4.79 Å². The summed E-state index contributed by atoms with van der Waals surface area (Å²) < 4.78 is 0. The number of hydrogen-bond donors (Lipinski definition) is 3. The molecule has 0 saturated carbocycles. The first-order chi connectivity index (χ1) is 11.9. The number of anilines is 1. The summed E-state index contributed by atoms with van der Waals surface area (Å²) in [6.45, 7) is 11.1. The van der Waals surface area contributed by atoms with Crippen molar-refractivity contribution in [3.63, 3.8) is 0 Å². The van der Waals surface area contributed by atoms with E-state index in [1.165, 1.54) is 6.92 Å². The largest absolute Gasteiger partial charge is 0.352 e. The molecule has 1 fully saturated rings. The molecule has 0 aromatic heterocycles. The van der Waals surface area contributed by atoms with Gasteiger partial charge in [0, 0.05) is 51.4 Å². The van der Waals surface area contributed by atoms with E-state index >= 15 is 0 Å². The normalized spacial score (nSPS) is 21.4. The van der Waals surface area contributed by atoms with Crippen LogP contribution < -0.4 is 16.0 Å². The highest BCUT2D eigenvalue weighted by Gasteiger charge is 2.31. The summed E-state index contributed by atoms with van der Waals surface area (Å²) in [5.74, 6) is 1.34. The predicted octanol–water partition coefficient (Wildman–Crippen LogP) is 2.04. The number of benzene rings is 1. The Hall–Kier alpha value is -2.08. The summed E-state index contributed by atoms with van der Waals surface area (Å²) >= 11 is 0. The third-order valence-corrected chi connectivity index (χ3v) is 4.62. The lowest BCUT2D eigenvalue weighted by Crippen LogP contribution is -2.46. The van der Waals surface area contributed by atoms with Crippen molar-refractivity contribution in [3.8, 4) is 0 Å². The Balaban J connectivity index is 1.89. The van der Waals surface area contributed by atoms with Crippen LogP contribution >= 0.6 is 0 Å². The first kappa shape index (κ1) is 19.2. The van der Waals surface area contributed by atoms with E-state index in [-0.39, 0.29) is 5.91 Å². The van der Waals surface area contributed by atoms with Gasteiger partial charge in [0.25, 0.3) is 0 Å². The highest BCUT2D eigenvalue weighted by atomic mass is 16.1. The Labute approximate surface area is 151 Å². The number of nitrogens with one attached hydrogen (secondary N) is 3. The van der Waals surface area contributed by atoms with Crippen LogP contribution in [0.3, 0.4) is 0 Å². The van der Waals surface area contributed by atoms with Crippen LogP contribution in [0.15, 0.2) is 29.3 Å². The summed E-state index contributed by atoms with van der Waals surface area (Å²) in [6, 6.07) is 8.81. The molecule has 0 aliphatic carbocycles. The third kappa shape index (κ3) is 5.74. The van der Waals surface area contributed by atoms with Gasteiger partial charge in [-0.05, 0) is 37.5 Å². The lowest BCUT2D eigenvalue weighted by atomic mass is 10.1. The van der Waals surface area contributed by atoms with Crippen molar-refractivity contribution in [1.29, 1.82) is 0 Å². The lowest BCUT2D eigenvalue weighted by molar-refractivity contribution is -0.114. The number of hydrogen-bond acceptors (Lipinski definition) is 3. The number of rotatable bonds is 5. The van der Waals surface area contributed by atoms with Crippen molar-refractivity contribution in [2.45, 2.75) is 46.3 Å². The van der Waals surface area contributed by atoms with Crippen LogP contribution in [0.4, 0.5) is 5.69 Å². The quantitative estimate of drug-likeness (QED) is 0.564. The Morgan fingerprint density at radius 1 is 1.36 bits per heavy atom. The monoisotopic (exact) mass is 345 g/mol. The van der Waals surface area contributed by atoms with Gasteiger partial charge in [-0.15, -0.1) is 0 Å². The second-order valence-electron chi connectivity index (χ2n) is 7.08. The van der Waals surface area contributed by atoms with Gasteiger partial charge in [-0.2, -0.15) is 0 Å². The van der Waals surface area contributed by atoms with E-state index in [0.29, 0.717) is 24.5 Å². The SMILES string of the molecule is CN=C(NCc1cccc(NC(C)=O)c1)NC1CN(C(C)C)CC1C. The minimum atomic E-state index is -0.0625. The van der Waals surface area contributed by atoms with Crippen LogP contribution in [0, 0.1) is 5.92 Å². The first-order valence-corrected chi connectivity index (χ1v) is 8.96. The van der Waals surface area contributed by atoms with Crippen molar-refractivity contribution in [1.82, 2.24) is 15.5 Å². The summed E-state index contributed by atoms with van der Waals surface area (Å²) in [6.07, 6.45) is 0. The molecule has 1 aromatic rings.